The van der Waals surface area contributed by atoms with Crippen LogP contribution in [0.2, 0.25) is 0 Å². The predicted octanol–water partition coefficient (Wildman–Crippen LogP) is 1.52. The summed E-state index contributed by atoms with van der Waals surface area (Å²) >= 11 is 0. The summed E-state index contributed by atoms with van der Waals surface area (Å²) in [6.07, 6.45) is 3.30. The van der Waals surface area contributed by atoms with Crippen LogP contribution < -0.4 is 10.6 Å². The number of carbonyl (C=O) groups excluding carboxylic acids is 3. The maximum Gasteiger partial charge on any atom is 0.251 e. The first kappa shape index (κ1) is 22.2. The molecule has 0 spiro atoms. The van der Waals surface area contributed by atoms with Crippen molar-refractivity contribution in [3.05, 3.63) is 77.4 Å². The Kier molecular flexibility index (Phi) is 7.95. The molecule has 2 aromatic rings. The van der Waals surface area contributed by atoms with Crippen molar-refractivity contribution in [2.24, 2.45) is 0 Å². The zero-order valence-corrected chi connectivity index (χ0v) is 17.7. The SMILES string of the molecule is CNC(=O)c1ccc(/C=C/C(=O)N2CCN(CC(=O)NCc3ccccc3)CC2)cc1. The minimum Gasteiger partial charge on any atom is -0.355 e. The first-order valence-electron chi connectivity index (χ1n) is 10.4. The summed E-state index contributed by atoms with van der Waals surface area (Å²) in [5.41, 5.74) is 2.51. The van der Waals surface area contributed by atoms with Crippen molar-refractivity contribution >= 4 is 23.8 Å². The van der Waals surface area contributed by atoms with Gasteiger partial charge in [0.05, 0.1) is 6.54 Å². The van der Waals surface area contributed by atoms with Gasteiger partial charge >= 0.3 is 0 Å². The van der Waals surface area contributed by atoms with Crippen molar-refractivity contribution in [2.75, 3.05) is 39.8 Å². The van der Waals surface area contributed by atoms with Crippen molar-refractivity contribution in [3.8, 4) is 0 Å². The number of nitrogens with one attached hydrogen (secondary N) is 2. The molecule has 1 heterocycles. The fourth-order valence-electron chi connectivity index (χ4n) is 3.34. The van der Waals surface area contributed by atoms with Crippen LogP contribution in [0.1, 0.15) is 21.5 Å². The van der Waals surface area contributed by atoms with Gasteiger partial charge in [-0.15, -0.1) is 0 Å². The van der Waals surface area contributed by atoms with Crippen molar-refractivity contribution in [1.29, 1.82) is 0 Å². The van der Waals surface area contributed by atoms with Crippen LogP contribution in [0.4, 0.5) is 0 Å². The van der Waals surface area contributed by atoms with Crippen LogP contribution >= 0.6 is 0 Å². The van der Waals surface area contributed by atoms with Crippen LogP contribution in [0.3, 0.4) is 0 Å². The van der Waals surface area contributed by atoms with Crippen LogP contribution in [0.15, 0.2) is 60.7 Å². The average Bonchev–Trinajstić information content (AvgIpc) is 2.82. The second-order valence-corrected chi connectivity index (χ2v) is 7.40. The lowest BCUT2D eigenvalue weighted by atomic mass is 10.1. The minimum atomic E-state index is -0.141. The molecule has 162 valence electrons. The van der Waals surface area contributed by atoms with Crippen molar-refractivity contribution < 1.29 is 14.4 Å². The van der Waals surface area contributed by atoms with Gasteiger partial charge in [-0.3, -0.25) is 19.3 Å². The molecule has 2 N–H and O–H groups in total. The van der Waals surface area contributed by atoms with E-state index in [-0.39, 0.29) is 17.7 Å². The molecule has 31 heavy (non-hydrogen) atoms. The monoisotopic (exact) mass is 420 g/mol. The van der Waals surface area contributed by atoms with Gasteiger partial charge in [0.1, 0.15) is 0 Å². The molecule has 0 saturated carbocycles. The number of amides is 3. The van der Waals surface area contributed by atoms with Gasteiger partial charge in [-0.2, -0.15) is 0 Å². The molecule has 1 fully saturated rings. The molecule has 1 saturated heterocycles. The second-order valence-electron chi connectivity index (χ2n) is 7.40. The van der Waals surface area contributed by atoms with E-state index in [0.717, 1.165) is 11.1 Å². The van der Waals surface area contributed by atoms with Crippen molar-refractivity contribution in [3.63, 3.8) is 0 Å². The quantitative estimate of drug-likeness (QED) is 0.666. The summed E-state index contributed by atoms with van der Waals surface area (Å²) in [5.74, 6) is -0.203. The average molecular weight is 421 g/mol. The van der Waals surface area contributed by atoms with Crippen LogP contribution in [0.5, 0.6) is 0 Å². The van der Waals surface area contributed by atoms with Gasteiger partial charge in [0.15, 0.2) is 0 Å². The van der Waals surface area contributed by atoms with Gasteiger partial charge in [0, 0.05) is 51.4 Å². The third-order valence-corrected chi connectivity index (χ3v) is 5.20. The molecule has 0 aromatic heterocycles. The number of carbonyl (C=O) groups is 3. The number of hydrogen-bond acceptors (Lipinski definition) is 4. The number of benzene rings is 2. The number of piperazine rings is 1. The molecule has 1 aliphatic rings. The first-order chi connectivity index (χ1) is 15.0. The standard InChI is InChI=1S/C24H28N4O3/c1-25-24(31)21-10-7-19(8-11-21)9-12-23(30)28-15-13-27(14-16-28)18-22(29)26-17-20-5-3-2-4-6-20/h2-12H,13-18H2,1H3,(H,25,31)(H,26,29)/b12-9+. The first-order valence-corrected chi connectivity index (χ1v) is 10.4. The zero-order chi connectivity index (χ0) is 22.1. The Morgan fingerprint density at radius 3 is 2.26 bits per heavy atom. The molecule has 7 heteroatoms. The minimum absolute atomic E-state index is 0.0104. The Labute approximate surface area is 182 Å². The molecule has 1 aliphatic heterocycles. The summed E-state index contributed by atoms with van der Waals surface area (Å²) < 4.78 is 0. The lowest BCUT2D eigenvalue weighted by molar-refractivity contribution is -0.128. The molecule has 3 rings (SSSR count). The summed E-state index contributed by atoms with van der Waals surface area (Å²) in [5, 5.41) is 5.51. The van der Waals surface area contributed by atoms with E-state index in [1.54, 1.807) is 48.4 Å². The fraction of sp³-hybridized carbons (Fsp3) is 0.292. The van der Waals surface area contributed by atoms with E-state index in [1.165, 1.54) is 0 Å². The Morgan fingerprint density at radius 2 is 1.61 bits per heavy atom. The summed E-state index contributed by atoms with van der Waals surface area (Å²) in [7, 11) is 1.59. The fourth-order valence-corrected chi connectivity index (χ4v) is 3.34. The van der Waals surface area contributed by atoms with Gasteiger partial charge in [-0.1, -0.05) is 42.5 Å². The van der Waals surface area contributed by atoms with Gasteiger partial charge < -0.3 is 15.5 Å². The highest BCUT2D eigenvalue weighted by molar-refractivity contribution is 5.94. The highest BCUT2D eigenvalue weighted by Crippen LogP contribution is 2.08. The molecule has 3 amide bonds. The maximum atomic E-state index is 12.5. The Balaban J connectivity index is 1.40. The topological polar surface area (TPSA) is 81.8 Å². The van der Waals surface area contributed by atoms with Crippen LogP contribution in [0.25, 0.3) is 6.08 Å². The predicted molar refractivity (Wildman–Crippen MR) is 120 cm³/mol. The summed E-state index contributed by atoms with van der Waals surface area (Å²) in [6.45, 7) is 3.36. The Bertz CT molecular complexity index is 918. The van der Waals surface area contributed by atoms with Gasteiger partial charge in [0.2, 0.25) is 11.8 Å². The summed E-state index contributed by atoms with van der Waals surface area (Å²) in [6, 6.07) is 16.9. The van der Waals surface area contributed by atoms with Crippen molar-refractivity contribution in [2.45, 2.75) is 6.54 Å². The molecular weight excluding hydrogens is 392 g/mol. The Morgan fingerprint density at radius 1 is 0.935 bits per heavy atom. The van der Waals surface area contributed by atoms with Gasteiger partial charge in [0.25, 0.3) is 5.91 Å². The van der Waals surface area contributed by atoms with Crippen LogP contribution in [-0.4, -0.2) is 67.3 Å². The molecule has 0 radical (unpaired) electrons. The van der Waals surface area contributed by atoms with Gasteiger partial charge in [-0.05, 0) is 29.3 Å². The molecule has 0 atom stereocenters. The third-order valence-electron chi connectivity index (χ3n) is 5.20. The smallest absolute Gasteiger partial charge is 0.251 e. The maximum absolute atomic E-state index is 12.5. The van der Waals surface area contributed by atoms with E-state index in [9.17, 15) is 14.4 Å². The van der Waals surface area contributed by atoms with Crippen LogP contribution in [-0.2, 0) is 16.1 Å². The molecule has 7 nitrogen and oxygen atoms in total. The summed E-state index contributed by atoms with van der Waals surface area (Å²) in [4.78, 5) is 40.1. The van der Waals surface area contributed by atoms with Gasteiger partial charge in [-0.25, -0.2) is 0 Å². The second kappa shape index (κ2) is 11.1. The van der Waals surface area contributed by atoms with E-state index in [1.807, 2.05) is 30.3 Å². The number of hydrogen-bond donors (Lipinski definition) is 2. The largest absolute Gasteiger partial charge is 0.355 e. The number of rotatable bonds is 7. The zero-order valence-electron chi connectivity index (χ0n) is 17.7. The highest BCUT2D eigenvalue weighted by atomic mass is 16.2. The van der Waals surface area contributed by atoms with E-state index >= 15 is 0 Å². The normalized spacial score (nSPS) is 14.4. The molecule has 0 bridgehead atoms. The lowest BCUT2D eigenvalue weighted by Crippen LogP contribution is -2.50. The molecule has 2 aromatic carbocycles. The van der Waals surface area contributed by atoms with Crippen LogP contribution in [0, 0.1) is 0 Å². The van der Waals surface area contributed by atoms with Crippen molar-refractivity contribution in [1.82, 2.24) is 20.4 Å². The molecule has 0 unspecified atom stereocenters. The van der Waals surface area contributed by atoms with E-state index in [0.29, 0.717) is 44.8 Å². The van der Waals surface area contributed by atoms with E-state index < -0.39 is 0 Å². The number of nitrogens with zero attached hydrogens (tertiary/aromatic N) is 2. The molecular formula is C24H28N4O3. The lowest BCUT2D eigenvalue weighted by Gasteiger charge is -2.33. The Hall–Kier alpha value is -3.45. The highest BCUT2D eigenvalue weighted by Gasteiger charge is 2.21. The molecule has 0 aliphatic carbocycles. The third kappa shape index (κ3) is 6.79. The van der Waals surface area contributed by atoms with E-state index in [4.69, 9.17) is 0 Å². The van der Waals surface area contributed by atoms with E-state index in [2.05, 4.69) is 15.5 Å².